The largest absolute Gasteiger partial charge is 0.189 e. The Morgan fingerprint density at radius 1 is 1.16 bits per heavy atom. The minimum atomic E-state index is -0.0982. The third kappa shape index (κ3) is 3.63. The molecule has 1 aliphatic rings. The van der Waals surface area contributed by atoms with Gasteiger partial charge in [0.05, 0.1) is 12.1 Å². The van der Waals surface area contributed by atoms with E-state index in [4.69, 9.17) is 0 Å². The molecular weight excluding hydrogens is 232 g/mol. The quantitative estimate of drug-likeness (QED) is 0.665. The molecule has 0 aromatic heterocycles. The maximum atomic E-state index is 4.35. The fraction of sp³-hybridized carbons (Fsp3) is 0.412. The van der Waals surface area contributed by atoms with Gasteiger partial charge in [0.15, 0.2) is 0 Å². The second-order valence-corrected chi connectivity index (χ2v) is 6.00. The second-order valence-electron chi connectivity index (χ2n) is 6.00. The van der Waals surface area contributed by atoms with Crippen LogP contribution >= 0.6 is 0 Å². The summed E-state index contributed by atoms with van der Waals surface area (Å²) in [4.78, 5) is 0. The lowest BCUT2D eigenvalue weighted by Crippen LogP contribution is -2.08. The van der Waals surface area contributed by atoms with Gasteiger partial charge in [0.2, 0.25) is 0 Å². The number of allylic oxidation sites excluding steroid dienone is 4. The van der Waals surface area contributed by atoms with Gasteiger partial charge in [-0.2, -0.15) is 10.2 Å². The van der Waals surface area contributed by atoms with Gasteiger partial charge in [-0.3, -0.25) is 0 Å². The number of benzene rings is 1. The number of azo groups is 1. The van der Waals surface area contributed by atoms with Gasteiger partial charge in [-0.1, -0.05) is 36.4 Å². The molecule has 0 aliphatic heterocycles. The van der Waals surface area contributed by atoms with Gasteiger partial charge in [0.1, 0.15) is 0 Å². The van der Waals surface area contributed by atoms with Crippen LogP contribution in [0.4, 0.5) is 0 Å². The summed E-state index contributed by atoms with van der Waals surface area (Å²) in [6, 6.07) is 8.51. The van der Waals surface area contributed by atoms with E-state index in [-0.39, 0.29) is 5.54 Å². The third-order valence-corrected chi connectivity index (χ3v) is 3.12. The molecule has 0 saturated carbocycles. The molecule has 19 heavy (non-hydrogen) atoms. The Morgan fingerprint density at radius 2 is 1.89 bits per heavy atom. The van der Waals surface area contributed by atoms with E-state index in [2.05, 4.69) is 74.3 Å². The summed E-state index contributed by atoms with van der Waals surface area (Å²) in [5.74, 6) is 0. The Morgan fingerprint density at radius 3 is 2.53 bits per heavy atom. The number of hydrogen-bond donors (Lipinski definition) is 0. The van der Waals surface area contributed by atoms with Gasteiger partial charge in [-0.25, -0.2) is 0 Å². The zero-order valence-corrected chi connectivity index (χ0v) is 12.3. The predicted molar refractivity (Wildman–Crippen MR) is 81.1 cm³/mol. The van der Waals surface area contributed by atoms with Crippen molar-refractivity contribution in [3.63, 3.8) is 0 Å². The van der Waals surface area contributed by atoms with E-state index < -0.39 is 0 Å². The fourth-order valence-electron chi connectivity index (χ4n) is 2.21. The van der Waals surface area contributed by atoms with Crippen molar-refractivity contribution in [1.82, 2.24) is 0 Å². The van der Waals surface area contributed by atoms with Crippen LogP contribution < -0.4 is 0 Å². The maximum Gasteiger partial charge on any atom is 0.0855 e. The highest BCUT2D eigenvalue weighted by molar-refractivity contribution is 5.76. The van der Waals surface area contributed by atoms with Crippen molar-refractivity contribution in [1.29, 1.82) is 0 Å². The summed E-state index contributed by atoms with van der Waals surface area (Å²) in [7, 11) is 0. The normalized spacial score (nSPS) is 15.8. The minimum Gasteiger partial charge on any atom is -0.189 e. The average Bonchev–Trinajstić information content (AvgIpc) is 2.74. The molecule has 0 bridgehead atoms. The van der Waals surface area contributed by atoms with Crippen LogP contribution in [0.2, 0.25) is 0 Å². The standard InChI is InChI=1S/C17H22N2/c1-13-8-7-11-15(13)16-10-6-5-9-14(16)12-18-19-17(2,3)4/h5-10H,11-12H2,1-4H3. The van der Waals surface area contributed by atoms with Crippen molar-refractivity contribution in [3.05, 3.63) is 53.1 Å². The van der Waals surface area contributed by atoms with Crippen LogP contribution in [-0.2, 0) is 6.54 Å². The van der Waals surface area contributed by atoms with E-state index in [0.717, 1.165) is 6.42 Å². The smallest absolute Gasteiger partial charge is 0.0855 e. The van der Waals surface area contributed by atoms with Crippen LogP contribution in [0.15, 0.2) is 52.2 Å². The van der Waals surface area contributed by atoms with Crippen LogP contribution in [0.3, 0.4) is 0 Å². The highest BCUT2D eigenvalue weighted by Crippen LogP contribution is 2.31. The van der Waals surface area contributed by atoms with Crippen molar-refractivity contribution in [3.8, 4) is 0 Å². The molecule has 1 aromatic rings. The summed E-state index contributed by atoms with van der Waals surface area (Å²) in [5, 5.41) is 8.68. The lowest BCUT2D eigenvalue weighted by Gasteiger charge is -2.12. The molecule has 2 rings (SSSR count). The average molecular weight is 254 g/mol. The maximum absolute atomic E-state index is 4.35. The molecule has 0 atom stereocenters. The van der Waals surface area contributed by atoms with E-state index in [0.29, 0.717) is 6.54 Å². The molecule has 0 radical (unpaired) electrons. The van der Waals surface area contributed by atoms with E-state index in [9.17, 15) is 0 Å². The third-order valence-electron chi connectivity index (χ3n) is 3.12. The van der Waals surface area contributed by atoms with E-state index in [1.165, 1.54) is 22.3 Å². The first-order valence-electron chi connectivity index (χ1n) is 6.80. The van der Waals surface area contributed by atoms with Crippen molar-refractivity contribution in [2.75, 3.05) is 0 Å². The molecule has 0 spiro atoms. The number of hydrogen-bond acceptors (Lipinski definition) is 2. The minimum absolute atomic E-state index is 0.0982. The highest BCUT2D eigenvalue weighted by atomic mass is 15.1. The Bertz CT molecular complexity index is 543. The molecular formula is C17H22N2. The van der Waals surface area contributed by atoms with E-state index >= 15 is 0 Å². The molecule has 100 valence electrons. The zero-order valence-electron chi connectivity index (χ0n) is 12.3. The van der Waals surface area contributed by atoms with Gasteiger partial charge >= 0.3 is 0 Å². The Labute approximate surface area is 116 Å². The molecule has 0 N–H and O–H groups in total. The molecule has 0 unspecified atom stereocenters. The van der Waals surface area contributed by atoms with Gasteiger partial charge in [0, 0.05) is 0 Å². The van der Waals surface area contributed by atoms with Crippen molar-refractivity contribution < 1.29 is 0 Å². The monoisotopic (exact) mass is 254 g/mol. The van der Waals surface area contributed by atoms with Crippen molar-refractivity contribution in [2.24, 2.45) is 10.2 Å². The second kappa shape index (κ2) is 5.52. The van der Waals surface area contributed by atoms with Gasteiger partial charge in [-0.05, 0) is 56.4 Å². The van der Waals surface area contributed by atoms with Crippen LogP contribution in [0.5, 0.6) is 0 Å². The summed E-state index contributed by atoms with van der Waals surface area (Å²) < 4.78 is 0. The van der Waals surface area contributed by atoms with E-state index in [1.807, 2.05) is 0 Å². The number of nitrogens with zero attached hydrogens (tertiary/aromatic N) is 2. The molecule has 2 heteroatoms. The highest BCUT2D eigenvalue weighted by Gasteiger charge is 2.12. The van der Waals surface area contributed by atoms with Gasteiger partial charge in [0.25, 0.3) is 0 Å². The summed E-state index contributed by atoms with van der Waals surface area (Å²) >= 11 is 0. The van der Waals surface area contributed by atoms with Crippen molar-refractivity contribution in [2.45, 2.75) is 46.2 Å². The SMILES string of the molecule is CC1=C(c2ccccc2CN=NC(C)(C)C)CC=C1. The first-order chi connectivity index (χ1) is 8.97. The molecule has 0 saturated heterocycles. The molecule has 0 fully saturated rings. The Balaban J connectivity index is 2.23. The topological polar surface area (TPSA) is 24.7 Å². The van der Waals surface area contributed by atoms with Crippen LogP contribution in [0.1, 0.15) is 45.2 Å². The Hall–Kier alpha value is -1.70. The first-order valence-corrected chi connectivity index (χ1v) is 6.80. The van der Waals surface area contributed by atoms with E-state index in [1.54, 1.807) is 0 Å². The van der Waals surface area contributed by atoms with Crippen LogP contribution in [-0.4, -0.2) is 5.54 Å². The lowest BCUT2D eigenvalue weighted by atomic mass is 9.97. The van der Waals surface area contributed by atoms with Gasteiger partial charge in [-0.15, -0.1) is 0 Å². The molecule has 1 aliphatic carbocycles. The van der Waals surface area contributed by atoms with Crippen LogP contribution in [0, 0.1) is 0 Å². The van der Waals surface area contributed by atoms with Crippen LogP contribution in [0.25, 0.3) is 5.57 Å². The lowest BCUT2D eigenvalue weighted by molar-refractivity contribution is 0.537. The fourth-order valence-corrected chi connectivity index (χ4v) is 2.21. The summed E-state index contributed by atoms with van der Waals surface area (Å²) in [5.41, 5.74) is 5.26. The Kier molecular flexibility index (Phi) is 3.98. The van der Waals surface area contributed by atoms with Crippen molar-refractivity contribution >= 4 is 5.57 Å². The summed E-state index contributed by atoms with van der Waals surface area (Å²) in [6.07, 6.45) is 5.44. The first kappa shape index (κ1) is 13.7. The predicted octanol–water partition coefficient (Wildman–Crippen LogP) is 5.17. The molecule has 1 aromatic carbocycles. The van der Waals surface area contributed by atoms with Gasteiger partial charge < -0.3 is 0 Å². The number of rotatable bonds is 3. The summed E-state index contributed by atoms with van der Waals surface area (Å²) in [6.45, 7) is 9.03. The zero-order chi connectivity index (χ0) is 13.9. The molecule has 0 amide bonds. The molecule has 0 heterocycles. The molecule has 2 nitrogen and oxygen atoms in total.